The molecule has 0 unspecified atom stereocenters. The highest BCUT2D eigenvalue weighted by atomic mass is 16.3. The summed E-state index contributed by atoms with van der Waals surface area (Å²) in [7, 11) is 0. The number of para-hydroxylation sites is 3. The van der Waals surface area contributed by atoms with E-state index in [1.165, 1.54) is 71.9 Å². The van der Waals surface area contributed by atoms with Crippen molar-refractivity contribution in [1.82, 2.24) is 4.57 Å². The largest absolute Gasteiger partial charge is 0.455 e. The molecule has 2 heterocycles. The van der Waals surface area contributed by atoms with Gasteiger partial charge in [-0.1, -0.05) is 224 Å². The number of hydrogen-bond donors (Lipinski definition) is 0. The standard InChI is InChI=1S/C76H52N2O/c1-3-15-51(16-4-1)54-33-41-61(42-34-54)77(63-45-37-58(38-46-63)67-25-14-26-70-69-23-10-12-28-75(69)79-76(67)70)62-43-35-55(36-44-62)53-29-31-57(32-30-53)66-22-9-11-27-72(66)78-73-48-40-59(52-17-5-2-6-18-52)49-71(73)68-47-39-60(50-74(68)78)65-24-13-20-56-19-7-8-21-64(56)65/h1-7,9-20,22-50H,8,21H2. The summed E-state index contributed by atoms with van der Waals surface area (Å²) in [6, 6.07) is 102. The van der Waals surface area contributed by atoms with Crippen LogP contribution < -0.4 is 4.90 Å². The SMILES string of the molecule is C1=Cc2cccc(-c3ccc4c5cc(-c6ccccc6)ccc5n(-c5ccccc5-c5ccc(-c6ccc(N(c7ccc(-c8ccccc8)cc7)c7ccc(-c8cccc9c8oc8ccccc89)cc7)cc6)cc5)c4c3)c2CC1. The molecule has 0 radical (unpaired) electrons. The van der Waals surface area contributed by atoms with Crippen LogP contribution in [0.1, 0.15) is 17.5 Å². The Morgan fingerprint density at radius 3 is 1.57 bits per heavy atom. The highest BCUT2D eigenvalue weighted by Gasteiger charge is 2.21. The van der Waals surface area contributed by atoms with Crippen molar-refractivity contribution in [3.8, 4) is 72.4 Å². The first kappa shape index (κ1) is 46.1. The average Bonchev–Trinajstić information content (AvgIpc) is 4.22. The number of hydrogen-bond acceptors (Lipinski definition) is 2. The van der Waals surface area contributed by atoms with Crippen molar-refractivity contribution in [1.29, 1.82) is 0 Å². The smallest absolute Gasteiger partial charge is 0.143 e. The van der Waals surface area contributed by atoms with Crippen LogP contribution in [-0.2, 0) is 6.42 Å². The van der Waals surface area contributed by atoms with E-state index >= 15 is 0 Å². The second-order valence-electron chi connectivity index (χ2n) is 20.7. The van der Waals surface area contributed by atoms with E-state index in [4.69, 9.17) is 4.42 Å². The molecular formula is C76H52N2O. The molecule has 79 heavy (non-hydrogen) atoms. The summed E-state index contributed by atoms with van der Waals surface area (Å²) < 4.78 is 8.95. The third-order valence-corrected chi connectivity index (χ3v) is 16.1. The maximum Gasteiger partial charge on any atom is 0.143 e. The van der Waals surface area contributed by atoms with Gasteiger partial charge in [0.1, 0.15) is 11.2 Å². The lowest BCUT2D eigenvalue weighted by molar-refractivity contribution is 0.670. The minimum atomic E-state index is 0.902. The van der Waals surface area contributed by atoms with Crippen LogP contribution in [0.4, 0.5) is 17.1 Å². The van der Waals surface area contributed by atoms with Crippen LogP contribution in [-0.4, -0.2) is 4.57 Å². The van der Waals surface area contributed by atoms with E-state index in [1.807, 2.05) is 12.1 Å². The van der Waals surface area contributed by atoms with Crippen molar-refractivity contribution in [2.75, 3.05) is 4.90 Å². The minimum Gasteiger partial charge on any atom is -0.455 e. The van der Waals surface area contributed by atoms with Crippen molar-refractivity contribution < 1.29 is 4.42 Å². The summed E-state index contributed by atoms with van der Waals surface area (Å²) in [5.41, 5.74) is 25.5. The topological polar surface area (TPSA) is 21.3 Å². The monoisotopic (exact) mass is 1010 g/mol. The quantitative estimate of drug-likeness (QED) is 0.136. The molecule has 0 fully saturated rings. The number of allylic oxidation sites excluding steroid dienone is 1. The van der Waals surface area contributed by atoms with Gasteiger partial charge in [0.15, 0.2) is 0 Å². The zero-order chi connectivity index (χ0) is 52.2. The fraction of sp³-hybridized carbons (Fsp3) is 0.0263. The Morgan fingerprint density at radius 2 is 0.848 bits per heavy atom. The lowest BCUT2D eigenvalue weighted by Gasteiger charge is -2.26. The Balaban J connectivity index is 0.782. The van der Waals surface area contributed by atoms with Crippen LogP contribution in [0.15, 0.2) is 290 Å². The Hall–Kier alpha value is -10.2. The van der Waals surface area contributed by atoms with Gasteiger partial charge in [0.2, 0.25) is 0 Å². The third-order valence-electron chi connectivity index (χ3n) is 16.1. The van der Waals surface area contributed by atoms with Crippen LogP contribution in [0.3, 0.4) is 0 Å². The molecule has 14 aromatic rings. The summed E-state index contributed by atoms with van der Waals surface area (Å²) in [6.45, 7) is 0. The third kappa shape index (κ3) is 8.23. The average molecular weight is 1010 g/mol. The van der Waals surface area contributed by atoms with Crippen molar-refractivity contribution in [2.24, 2.45) is 0 Å². The van der Waals surface area contributed by atoms with Gasteiger partial charge in [-0.05, 0) is 146 Å². The fourth-order valence-corrected chi connectivity index (χ4v) is 12.2. The number of rotatable bonds is 10. The summed E-state index contributed by atoms with van der Waals surface area (Å²) >= 11 is 0. The first-order valence-electron chi connectivity index (χ1n) is 27.4. The molecule has 0 bridgehead atoms. The lowest BCUT2D eigenvalue weighted by Crippen LogP contribution is -2.09. The Bertz CT molecular complexity index is 4600. The first-order valence-corrected chi connectivity index (χ1v) is 27.4. The molecule has 0 spiro atoms. The molecular weight excluding hydrogens is 957 g/mol. The molecule has 0 atom stereocenters. The first-order chi connectivity index (χ1) is 39.2. The van der Waals surface area contributed by atoms with Gasteiger partial charge in [0, 0.05) is 49.7 Å². The van der Waals surface area contributed by atoms with Crippen LogP contribution in [0.25, 0.3) is 122 Å². The number of aromatic nitrogens is 1. The van der Waals surface area contributed by atoms with Crippen LogP contribution in [0.2, 0.25) is 0 Å². The molecule has 1 aliphatic rings. The minimum absolute atomic E-state index is 0.902. The Morgan fingerprint density at radius 1 is 0.329 bits per heavy atom. The molecule has 0 aliphatic heterocycles. The molecule has 12 aromatic carbocycles. The van der Waals surface area contributed by atoms with E-state index in [2.05, 4.69) is 289 Å². The van der Waals surface area contributed by atoms with Gasteiger partial charge >= 0.3 is 0 Å². The zero-order valence-electron chi connectivity index (χ0n) is 43.4. The maximum atomic E-state index is 6.46. The molecule has 3 nitrogen and oxygen atoms in total. The second-order valence-corrected chi connectivity index (χ2v) is 20.7. The van der Waals surface area contributed by atoms with E-state index < -0.39 is 0 Å². The molecule has 3 heteroatoms. The number of fused-ring (bicyclic) bond motifs is 7. The van der Waals surface area contributed by atoms with Gasteiger partial charge in [0.25, 0.3) is 0 Å². The van der Waals surface area contributed by atoms with E-state index in [-0.39, 0.29) is 0 Å². The zero-order valence-corrected chi connectivity index (χ0v) is 43.4. The molecule has 1 aliphatic carbocycles. The lowest BCUT2D eigenvalue weighted by atomic mass is 9.89. The molecule has 0 saturated heterocycles. The van der Waals surface area contributed by atoms with E-state index in [9.17, 15) is 0 Å². The molecule has 0 amide bonds. The van der Waals surface area contributed by atoms with Gasteiger partial charge in [-0.2, -0.15) is 0 Å². The Kier molecular flexibility index (Phi) is 11.3. The maximum absolute atomic E-state index is 6.46. The van der Waals surface area contributed by atoms with Crippen molar-refractivity contribution >= 4 is 66.9 Å². The number of anilines is 3. The molecule has 0 N–H and O–H groups in total. The van der Waals surface area contributed by atoms with Gasteiger partial charge in [-0.25, -0.2) is 0 Å². The van der Waals surface area contributed by atoms with Gasteiger partial charge in [0.05, 0.1) is 16.7 Å². The van der Waals surface area contributed by atoms with Crippen LogP contribution >= 0.6 is 0 Å². The van der Waals surface area contributed by atoms with Crippen molar-refractivity contribution in [3.63, 3.8) is 0 Å². The molecule has 0 saturated carbocycles. The Labute approximate surface area is 459 Å². The van der Waals surface area contributed by atoms with Crippen molar-refractivity contribution in [2.45, 2.75) is 12.8 Å². The number of furan rings is 1. The molecule has 372 valence electrons. The van der Waals surface area contributed by atoms with E-state index in [0.29, 0.717) is 0 Å². The number of nitrogens with zero attached hydrogens (tertiary/aromatic N) is 2. The van der Waals surface area contributed by atoms with Crippen LogP contribution in [0, 0.1) is 0 Å². The molecule has 2 aromatic heterocycles. The predicted octanol–water partition coefficient (Wildman–Crippen LogP) is 21.1. The number of benzene rings is 12. The highest BCUT2D eigenvalue weighted by molar-refractivity contribution is 6.12. The van der Waals surface area contributed by atoms with E-state index in [0.717, 1.165) is 85.3 Å². The summed E-state index contributed by atoms with van der Waals surface area (Å²) in [5.74, 6) is 0. The van der Waals surface area contributed by atoms with Gasteiger partial charge in [-0.3, -0.25) is 0 Å². The summed E-state index contributed by atoms with van der Waals surface area (Å²) in [5, 5.41) is 4.74. The van der Waals surface area contributed by atoms with Gasteiger partial charge in [-0.15, -0.1) is 0 Å². The van der Waals surface area contributed by atoms with E-state index in [1.54, 1.807) is 0 Å². The molecule has 15 rings (SSSR count). The second kappa shape index (κ2) is 19.4. The summed E-state index contributed by atoms with van der Waals surface area (Å²) in [4.78, 5) is 2.34. The van der Waals surface area contributed by atoms with Crippen molar-refractivity contribution in [3.05, 3.63) is 296 Å². The van der Waals surface area contributed by atoms with Crippen LogP contribution in [0.5, 0.6) is 0 Å². The highest BCUT2D eigenvalue weighted by Crippen LogP contribution is 2.43. The normalized spacial score (nSPS) is 12.2. The predicted molar refractivity (Wildman–Crippen MR) is 333 cm³/mol. The fourth-order valence-electron chi connectivity index (χ4n) is 12.2. The summed E-state index contributed by atoms with van der Waals surface area (Å²) in [6.07, 6.45) is 6.70. The van der Waals surface area contributed by atoms with Gasteiger partial charge < -0.3 is 13.9 Å².